The molecule has 0 nitrogen and oxygen atoms in total. The lowest BCUT2D eigenvalue weighted by Gasteiger charge is -2.22. The lowest BCUT2D eigenvalue weighted by Crippen LogP contribution is -1.94. The van der Waals surface area contributed by atoms with Crippen molar-refractivity contribution in [1.29, 1.82) is 0 Å². The largest absolute Gasteiger partial charge is 0.0622 e. The highest BCUT2D eigenvalue weighted by atomic mass is 14.2. The average Bonchev–Trinajstić information content (AvgIpc) is 3.19. The second-order valence-corrected chi connectivity index (χ2v) is 13.5. The lowest BCUT2D eigenvalue weighted by molar-refractivity contribution is 1.67. The minimum atomic E-state index is 1.24. The second-order valence-electron chi connectivity index (χ2n) is 13.5. The molecule has 11 rings (SSSR count). The Morgan fingerprint density at radius 2 is 0.700 bits per heavy atom. The van der Waals surface area contributed by atoms with Crippen LogP contribution in [0.25, 0.3) is 108 Å². The van der Waals surface area contributed by atoms with Crippen LogP contribution in [0.2, 0.25) is 0 Å². The molecule has 0 heterocycles. The molecule has 50 heavy (non-hydrogen) atoms. The Balaban J connectivity index is 1.42. The van der Waals surface area contributed by atoms with Crippen molar-refractivity contribution in [3.05, 3.63) is 182 Å². The van der Waals surface area contributed by atoms with E-state index < -0.39 is 0 Å². The number of hydrogen-bond donors (Lipinski definition) is 0. The number of rotatable bonds is 2. The third-order valence-corrected chi connectivity index (χ3v) is 11.0. The molecule has 0 amide bonds. The molecule has 0 saturated heterocycles. The molecule has 0 aliphatic heterocycles. The minimum absolute atomic E-state index is 1.24. The fraction of sp³-hybridized carbons (Fsp3) is 0. The van der Waals surface area contributed by atoms with Crippen molar-refractivity contribution in [1.82, 2.24) is 0 Å². The zero-order valence-electron chi connectivity index (χ0n) is 27.3. The van der Waals surface area contributed by atoms with E-state index in [-0.39, 0.29) is 0 Å². The van der Waals surface area contributed by atoms with Gasteiger partial charge in [-0.25, -0.2) is 0 Å². The monoisotopic (exact) mass is 630 g/mol. The van der Waals surface area contributed by atoms with Gasteiger partial charge in [0.25, 0.3) is 0 Å². The Morgan fingerprint density at radius 3 is 1.40 bits per heavy atom. The summed E-state index contributed by atoms with van der Waals surface area (Å²) in [4.78, 5) is 0. The molecule has 0 atom stereocenters. The van der Waals surface area contributed by atoms with Crippen molar-refractivity contribution in [3.8, 4) is 22.3 Å². The molecule has 0 bridgehead atoms. The Kier molecular flexibility index (Phi) is 5.76. The third-order valence-electron chi connectivity index (χ3n) is 11.0. The summed E-state index contributed by atoms with van der Waals surface area (Å²) < 4.78 is 0. The Labute approximate surface area is 289 Å². The van der Waals surface area contributed by atoms with Crippen LogP contribution in [0.1, 0.15) is 0 Å². The summed E-state index contributed by atoms with van der Waals surface area (Å²) in [6, 6.07) is 67.7. The first-order valence-corrected chi connectivity index (χ1v) is 17.4. The third kappa shape index (κ3) is 3.76. The molecule has 0 aromatic heterocycles. The summed E-state index contributed by atoms with van der Waals surface area (Å²) in [5.74, 6) is 0. The molecule has 0 heteroatoms. The molecule has 0 unspecified atom stereocenters. The fourth-order valence-electron chi connectivity index (χ4n) is 8.95. The van der Waals surface area contributed by atoms with E-state index in [2.05, 4.69) is 182 Å². The van der Waals surface area contributed by atoms with Gasteiger partial charge in [0.05, 0.1) is 0 Å². The summed E-state index contributed by atoms with van der Waals surface area (Å²) in [7, 11) is 0. The van der Waals surface area contributed by atoms with E-state index in [1.54, 1.807) is 0 Å². The first-order chi connectivity index (χ1) is 24.8. The standard InChI is InChI=1S/C50H30/c1-2-15-32(16-3-1)46-41-23-10-11-24-42(41)48(44-29-28-31-14-4-5-18-34(31)49(44)46)45-30-33-17-12-25-39-37-21-8-6-19-35(37)36-20-7-9-22-38(36)40-26-13-27-43(45)50(40)47(33)39/h1-30H. The minimum Gasteiger partial charge on any atom is -0.0622 e. The smallest absolute Gasteiger partial charge is 0.00141 e. The van der Waals surface area contributed by atoms with E-state index in [0.29, 0.717) is 0 Å². The van der Waals surface area contributed by atoms with Crippen molar-refractivity contribution in [2.24, 2.45) is 0 Å². The van der Waals surface area contributed by atoms with Crippen molar-refractivity contribution in [3.63, 3.8) is 0 Å². The first-order valence-electron chi connectivity index (χ1n) is 17.4. The van der Waals surface area contributed by atoms with Crippen molar-refractivity contribution in [2.45, 2.75) is 0 Å². The van der Waals surface area contributed by atoms with Gasteiger partial charge in [-0.3, -0.25) is 0 Å². The van der Waals surface area contributed by atoms with Gasteiger partial charge in [-0.1, -0.05) is 176 Å². The van der Waals surface area contributed by atoms with Gasteiger partial charge in [-0.05, 0) is 114 Å². The summed E-state index contributed by atoms with van der Waals surface area (Å²) >= 11 is 0. The van der Waals surface area contributed by atoms with E-state index in [4.69, 9.17) is 0 Å². The van der Waals surface area contributed by atoms with Crippen molar-refractivity contribution in [2.75, 3.05) is 0 Å². The molecule has 11 aromatic carbocycles. The highest BCUT2D eigenvalue weighted by Crippen LogP contribution is 2.50. The Morgan fingerprint density at radius 1 is 0.220 bits per heavy atom. The van der Waals surface area contributed by atoms with Crippen molar-refractivity contribution >= 4 is 86.2 Å². The molecular formula is C50H30. The molecule has 0 aliphatic rings. The topological polar surface area (TPSA) is 0 Å². The van der Waals surface area contributed by atoms with Gasteiger partial charge in [0.15, 0.2) is 0 Å². The van der Waals surface area contributed by atoms with E-state index in [9.17, 15) is 0 Å². The summed E-state index contributed by atoms with van der Waals surface area (Å²) in [5.41, 5.74) is 5.10. The maximum Gasteiger partial charge on any atom is -0.00141 e. The van der Waals surface area contributed by atoms with Gasteiger partial charge in [0.2, 0.25) is 0 Å². The second kappa shape index (κ2) is 10.5. The molecule has 0 fully saturated rings. The van der Waals surface area contributed by atoms with Gasteiger partial charge >= 0.3 is 0 Å². The molecule has 11 aromatic rings. The van der Waals surface area contributed by atoms with E-state index in [1.807, 2.05) is 0 Å². The normalized spacial score (nSPS) is 12.0. The van der Waals surface area contributed by atoms with Gasteiger partial charge in [-0.15, -0.1) is 0 Å². The molecule has 230 valence electrons. The van der Waals surface area contributed by atoms with Crippen LogP contribution < -0.4 is 0 Å². The fourth-order valence-corrected chi connectivity index (χ4v) is 8.95. The number of fused-ring (bicyclic) bond motifs is 9. The molecule has 0 N–H and O–H groups in total. The summed E-state index contributed by atoms with van der Waals surface area (Å²) in [6.45, 7) is 0. The Bertz CT molecular complexity index is 3190. The highest BCUT2D eigenvalue weighted by Gasteiger charge is 2.22. The molecule has 0 spiro atoms. The van der Waals surface area contributed by atoms with Crippen molar-refractivity contribution < 1.29 is 0 Å². The van der Waals surface area contributed by atoms with E-state index in [1.165, 1.54) is 108 Å². The maximum absolute atomic E-state index is 2.47. The van der Waals surface area contributed by atoms with Crippen LogP contribution in [0.5, 0.6) is 0 Å². The molecule has 0 radical (unpaired) electrons. The molecular weight excluding hydrogens is 601 g/mol. The van der Waals surface area contributed by atoms with Gasteiger partial charge < -0.3 is 0 Å². The summed E-state index contributed by atoms with van der Waals surface area (Å²) in [6.07, 6.45) is 0. The Hall–Kier alpha value is -6.50. The van der Waals surface area contributed by atoms with Crippen LogP contribution >= 0.6 is 0 Å². The van der Waals surface area contributed by atoms with Crippen LogP contribution in [0.3, 0.4) is 0 Å². The molecule has 0 aliphatic carbocycles. The summed E-state index contributed by atoms with van der Waals surface area (Å²) in [5, 5.41) is 20.5. The van der Waals surface area contributed by atoms with E-state index >= 15 is 0 Å². The maximum atomic E-state index is 2.47. The van der Waals surface area contributed by atoms with Crippen LogP contribution in [0, 0.1) is 0 Å². The zero-order chi connectivity index (χ0) is 32.8. The van der Waals surface area contributed by atoms with Crippen LogP contribution in [-0.4, -0.2) is 0 Å². The predicted octanol–water partition coefficient (Wildman–Crippen LogP) is 14.2. The number of benzene rings is 10. The van der Waals surface area contributed by atoms with Crippen LogP contribution in [0.4, 0.5) is 0 Å². The SMILES string of the molecule is c1ccc(-c2c3ccccc3c(-c3cc4cccc5c6ccccc6c6ccccc6c6cccc3c6c45)c3ccc4ccccc4c23)cc1. The first kappa shape index (κ1) is 27.5. The quantitative estimate of drug-likeness (QED) is 0.132. The highest BCUT2D eigenvalue weighted by molar-refractivity contribution is 6.36. The predicted molar refractivity (Wildman–Crippen MR) is 217 cm³/mol. The van der Waals surface area contributed by atoms with Gasteiger partial charge in [0, 0.05) is 0 Å². The molecule has 0 saturated carbocycles. The van der Waals surface area contributed by atoms with E-state index in [0.717, 1.165) is 0 Å². The van der Waals surface area contributed by atoms with Gasteiger partial charge in [0.1, 0.15) is 0 Å². The van der Waals surface area contributed by atoms with Gasteiger partial charge in [-0.2, -0.15) is 0 Å². The lowest BCUT2D eigenvalue weighted by atomic mass is 9.81. The average molecular weight is 631 g/mol. The zero-order valence-corrected chi connectivity index (χ0v) is 27.3. The number of hydrogen-bond acceptors (Lipinski definition) is 0. The van der Waals surface area contributed by atoms with Crippen LogP contribution in [0.15, 0.2) is 182 Å². The van der Waals surface area contributed by atoms with Crippen LogP contribution in [-0.2, 0) is 0 Å².